The molecule has 0 nitrogen and oxygen atoms in total. The Morgan fingerprint density at radius 1 is 1.14 bits per heavy atom. The molecule has 0 bridgehead atoms. The van der Waals surface area contributed by atoms with E-state index in [1.165, 1.54) is 26.1 Å². The Kier molecular flexibility index (Phi) is 9.73. The molecule has 0 saturated carbocycles. The zero-order valence-corrected chi connectivity index (χ0v) is 15.5. The molecule has 0 unspecified atom stereocenters. The molecule has 116 valence electrons. The fourth-order valence-electron chi connectivity index (χ4n) is 1.65. The van der Waals surface area contributed by atoms with Crippen LogP contribution in [0.3, 0.4) is 0 Å². The van der Waals surface area contributed by atoms with E-state index >= 15 is 0 Å². The van der Waals surface area contributed by atoms with E-state index in [0.717, 1.165) is 5.92 Å². The lowest BCUT2D eigenvalue weighted by atomic mass is 10.1. The highest BCUT2D eigenvalue weighted by Gasteiger charge is 2.05. The van der Waals surface area contributed by atoms with Crippen molar-refractivity contribution < 1.29 is 0 Å². The van der Waals surface area contributed by atoms with E-state index in [-0.39, 0.29) is 0 Å². The highest BCUT2D eigenvalue weighted by atomic mass is 32.1. The van der Waals surface area contributed by atoms with Crippen LogP contribution in [0.5, 0.6) is 0 Å². The van der Waals surface area contributed by atoms with Crippen LogP contribution >= 0.6 is 11.3 Å². The van der Waals surface area contributed by atoms with Gasteiger partial charge in [-0.25, -0.2) is 0 Å². The molecule has 0 spiro atoms. The maximum absolute atomic E-state index is 3.79. The van der Waals surface area contributed by atoms with Crippen LogP contribution in [0.4, 0.5) is 0 Å². The number of benzene rings is 1. The molecule has 0 fully saturated rings. The maximum Gasteiger partial charge on any atom is 0.0351 e. The van der Waals surface area contributed by atoms with Crippen molar-refractivity contribution in [2.75, 3.05) is 0 Å². The van der Waals surface area contributed by atoms with Gasteiger partial charge in [0.2, 0.25) is 0 Å². The molecule has 21 heavy (non-hydrogen) atoms. The Morgan fingerprint density at radius 2 is 1.67 bits per heavy atom. The zero-order valence-electron chi connectivity index (χ0n) is 14.7. The summed E-state index contributed by atoms with van der Waals surface area (Å²) >= 11 is 1.85. The third kappa shape index (κ3) is 6.77. The predicted molar refractivity (Wildman–Crippen MR) is 102 cm³/mol. The molecule has 0 aliphatic carbocycles. The summed E-state index contributed by atoms with van der Waals surface area (Å²) in [5.41, 5.74) is 2.55. The highest BCUT2D eigenvalue weighted by molar-refractivity contribution is 7.19. The van der Waals surface area contributed by atoms with Crippen molar-refractivity contribution in [1.82, 2.24) is 0 Å². The normalized spacial score (nSPS) is 10.6. The van der Waals surface area contributed by atoms with Crippen molar-refractivity contribution in [2.45, 2.75) is 48.5 Å². The smallest absolute Gasteiger partial charge is 0.0351 e. The topological polar surface area (TPSA) is 0 Å². The summed E-state index contributed by atoms with van der Waals surface area (Å²) in [6, 6.07) is 8.54. The highest BCUT2D eigenvalue weighted by Crippen LogP contribution is 2.32. The molecule has 1 heteroatoms. The third-order valence-corrected chi connectivity index (χ3v) is 3.62. The first-order valence-corrected chi connectivity index (χ1v) is 8.56. The summed E-state index contributed by atoms with van der Waals surface area (Å²) in [7, 11) is 0. The van der Waals surface area contributed by atoms with Crippen LogP contribution in [0, 0.1) is 12.8 Å². The van der Waals surface area contributed by atoms with Gasteiger partial charge in [0.15, 0.2) is 0 Å². The molecule has 0 amide bonds. The van der Waals surface area contributed by atoms with E-state index in [9.17, 15) is 0 Å². The zero-order chi connectivity index (χ0) is 16.4. The molecule has 0 saturated heterocycles. The lowest BCUT2D eigenvalue weighted by Gasteiger charge is -1.95. The van der Waals surface area contributed by atoms with Crippen molar-refractivity contribution in [2.24, 2.45) is 5.92 Å². The molecule has 1 heterocycles. The van der Waals surface area contributed by atoms with Gasteiger partial charge in [-0.15, -0.1) is 11.3 Å². The largest absolute Gasteiger partial charge is 0.140 e. The molecule has 0 radical (unpaired) electrons. The molecule has 2 rings (SSSR count). The molecule has 2 aromatic rings. The number of rotatable bonds is 2. The second-order valence-corrected chi connectivity index (χ2v) is 6.65. The minimum Gasteiger partial charge on any atom is -0.140 e. The average molecular weight is 303 g/mol. The summed E-state index contributed by atoms with van der Waals surface area (Å²) < 4.78 is 1.36. The van der Waals surface area contributed by atoms with Crippen LogP contribution in [0.2, 0.25) is 0 Å². The molecular weight excluding hydrogens is 272 g/mol. The van der Waals surface area contributed by atoms with Crippen molar-refractivity contribution in [1.29, 1.82) is 0 Å². The Morgan fingerprint density at radius 3 is 2.19 bits per heavy atom. The predicted octanol–water partition coefficient (Wildman–Crippen LogP) is 7.49. The monoisotopic (exact) mass is 302 g/mol. The van der Waals surface area contributed by atoms with Crippen molar-refractivity contribution in [3.63, 3.8) is 0 Å². The van der Waals surface area contributed by atoms with Crippen LogP contribution in [0.15, 0.2) is 42.5 Å². The van der Waals surface area contributed by atoms with Crippen LogP contribution in [-0.4, -0.2) is 0 Å². The van der Waals surface area contributed by atoms with Gasteiger partial charge in [-0.1, -0.05) is 77.1 Å². The Balaban J connectivity index is 0.000000579. The van der Waals surface area contributed by atoms with Crippen molar-refractivity contribution in [3.8, 4) is 0 Å². The van der Waals surface area contributed by atoms with E-state index in [4.69, 9.17) is 0 Å². The van der Waals surface area contributed by atoms with Gasteiger partial charge in [-0.05, 0) is 36.8 Å². The van der Waals surface area contributed by atoms with Crippen LogP contribution < -0.4 is 0 Å². The maximum atomic E-state index is 3.79. The van der Waals surface area contributed by atoms with E-state index in [1.807, 2.05) is 31.3 Å². The Bertz CT molecular complexity index is 568. The number of hydrogen-bond donors (Lipinski definition) is 0. The van der Waals surface area contributed by atoms with Crippen LogP contribution in [-0.2, 0) is 0 Å². The van der Waals surface area contributed by atoms with Gasteiger partial charge in [0.25, 0.3) is 0 Å². The number of fused-ring (bicyclic) bond motifs is 1. The van der Waals surface area contributed by atoms with Crippen molar-refractivity contribution in [3.05, 3.63) is 52.9 Å². The molecular formula is C20H30S. The van der Waals surface area contributed by atoms with Crippen molar-refractivity contribution >= 4 is 27.5 Å². The van der Waals surface area contributed by atoms with Gasteiger partial charge in [0.05, 0.1) is 0 Å². The van der Waals surface area contributed by atoms with Gasteiger partial charge in [0.1, 0.15) is 0 Å². The Hall–Kier alpha value is -1.34. The summed E-state index contributed by atoms with van der Waals surface area (Å²) in [5, 5.41) is 1.35. The number of hydrogen-bond acceptors (Lipinski definition) is 1. The fourth-order valence-corrected chi connectivity index (χ4v) is 2.70. The summed E-state index contributed by atoms with van der Waals surface area (Å²) in [6.45, 7) is 18.5. The van der Waals surface area contributed by atoms with Crippen LogP contribution in [0.25, 0.3) is 16.2 Å². The standard InChI is InChI=1S/C14H14S.C4H10.C2H6/c1-4-10(2)9-13-11(3)15-14-8-6-5-7-12(13)14;1-4(2)3;1-2/h4-9H,1H2,2-3H3;4H,1-3H3;1-2H3/b10-9-;;. The minimum absolute atomic E-state index is 0.833. The van der Waals surface area contributed by atoms with Gasteiger partial charge in [-0.2, -0.15) is 0 Å². The second-order valence-electron chi connectivity index (χ2n) is 5.39. The molecule has 0 aliphatic rings. The first-order chi connectivity index (χ1) is 9.95. The van der Waals surface area contributed by atoms with E-state index in [0.29, 0.717) is 0 Å². The SMILES string of the molecule is C=C/C(C)=C\c1c(C)sc2ccccc12.CC.CC(C)C. The van der Waals surface area contributed by atoms with Gasteiger partial charge < -0.3 is 0 Å². The third-order valence-electron chi connectivity index (χ3n) is 2.51. The van der Waals surface area contributed by atoms with Gasteiger partial charge >= 0.3 is 0 Å². The molecule has 0 N–H and O–H groups in total. The van der Waals surface area contributed by atoms with Crippen LogP contribution in [0.1, 0.15) is 52.0 Å². The average Bonchev–Trinajstić information content (AvgIpc) is 2.77. The fraction of sp³-hybridized carbons (Fsp3) is 0.400. The molecule has 1 aromatic heterocycles. The van der Waals surface area contributed by atoms with E-state index < -0.39 is 0 Å². The Labute approximate surface area is 135 Å². The minimum atomic E-state index is 0.833. The first-order valence-electron chi connectivity index (χ1n) is 7.74. The number of aryl methyl sites for hydroxylation is 1. The number of allylic oxidation sites excluding steroid dienone is 2. The summed E-state index contributed by atoms with van der Waals surface area (Å²) in [5.74, 6) is 0.833. The first kappa shape index (κ1) is 19.7. The molecule has 0 aliphatic heterocycles. The second kappa shape index (κ2) is 10.4. The molecule has 0 atom stereocenters. The van der Waals surface area contributed by atoms with Gasteiger partial charge in [-0.3, -0.25) is 0 Å². The van der Waals surface area contributed by atoms with E-state index in [1.54, 1.807) is 0 Å². The summed E-state index contributed by atoms with van der Waals surface area (Å²) in [4.78, 5) is 1.37. The summed E-state index contributed by atoms with van der Waals surface area (Å²) in [6.07, 6.45) is 4.10. The number of thiophene rings is 1. The lowest BCUT2D eigenvalue weighted by Crippen LogP contribution is -1.74. The quantitative estimate of drug-likeness (QED) is 0.504. The van der Waals surface area contributed by atoms with E-state index in [2.05, 4.69) is 71.5 Å². The van der Waals surface area contributed by atoms with Gasteiger partial charge in [0, 0.05) is 9.58 Å². The molecule has 1 aromatic carbocycles. The lowest BCUT2D eigenvalue weighted by molar-refractivity contribution is 0.737.